The van der Waals surface area contributed by atoms with Crippen molar-refractivity contribution in [2.45, 2.75) is 26.3 Å². The van der Waals surface area contributed by atoms with Crippen LogP contribution < -0.4 is 5.32 Å². The molecule has 5 nitrogen and oxygen atoms in total. The first-order valence-electron chi connectivity index (χ1n) is 5.55. The highest BCUT2D eigenvalue weighted by atomic mass is 16.5. The van der Waals surface area contributed by atoms with Crippen LogP contribution >= 0.6 is 0 Å². The minimum Gasteiger partial charge on any atom is -0.385 e. The number of likely N-dealkylation sites (N-methyl/N-ethyl adjacent to an activating group) is 1. The van der Waals surface area contributed by atoms with Crippen LogP contribution in [0.1, 0.15) is 20.3 Å². The molecule has 0 bridgehead atoms. The zero-order valence-corrected chi connectivity index (χ0v) is 10.3. The number of carbonyl (C=O) groups is 1. The monoisotopic (exact) mass is 227 g/mol. The second-order valence-corrected chi connectivity index (χ2v) is 3.53. The lowest BCUT2D eigenvalue weighted by Crippen LogP contribution is -2.45. The smallest absolute Gasteiger partial charge is 0.237 e. The minimum absolute atomic E-state index is 0.0341. The average molecular weight is 227 g/mol. The van der Waals surface area contributed by atoms with E-state index in [0.717, 1.165) is 6.42 Å². The lowest BCUT2D eigenvalue weighted by molar-refractivity contribution is -0.125. The fourth-order valence-electron chi connectivity index (χ4n) is 1.36. The molecule has 5 heteroatoms. The quantitative estimate of drug-likeness (QED) is 0.481. The van der Waals surface area contributed by atoms with E-state index in [0.29, 0.717) is 19.7 Å². The summed E-state index contributed by atoms with van der Waals surface area (Å²) < 4.78 is 4.89. The van der Waals surface area contributed by atoms with Crippen molar-refractivity contribution in [3.05, 3.63) is 0 Å². The number of ether oxygens (including phenoxy) is 1. The number of nitrogens with zero attached hydrogens (tertiary/aromatic N) is 2. The van der Waals surface area contributed by atoms with Gasteiger partial charge in [0.05, 0.1) is 18.7 Å². The van der Waals surface area contributed by atoms with Crippen LogP contribution in [0.2, 0.25) is 0 Å². The van der Waals surface area contributed by atoms with E-state index in [2.05, 4.69) is 11.4 Å². The second kappa shape index (κ2) is 9.13. The van der Waals surface area contributed by atoms with Crippen molar-refractivity contribution in [1.29, 1.82) is 5.26 Å². The predicted octanol–water partition coefficient (Wildman–Crippen LogP) is 0.373. The van der Waals surface area contributed by atoms with E-state index in [1.54, 1.807) is 7.11 Å². The molecule has 16 heavy (non-hydrogen) atoms. The summed E-state index contributed by atoms with van der Waals surface area (Å²) in [6.45, 7) is 5.98. The van der Waals surface area contributed by atoms with Gasteiger partial charge in [-0.05, 0) is 19.9 Å². The molecule has 0 aliphatic rings. The van der Waals surface area contributed by atoms with Gasteiger partial charge in [-0.15, -0.1) is 0 Å². The molecule has 0 rings (SSSR count). The third-order valence-electron chi connectivity index (χ3n) is 2.43. The first kappa shape index (κ1) is 14.9. The first-order valence-corrected chi connectivity index (χ1v) is 5.55. The molecule has 1 unspecified atom stereocenters. The van der Waals surface area contributed by atoms with Crippen LogP contribution in [0.25, 0.3) is 0 Å². The first-order chi connectivity index (χ1) is 7.67. The Kier molecular flexibility index (Phi) is 8.49. The third-order valence-corrected chi connectivity index (χ3v) is 2.43. The molecular formula is C11H21N3O2. The number of rotatable bonds is 8. The third kappa shape index (κ3) is 5.69. The zero-order chi connectivity index (χ0) is 12.4. The zero-order valence-electron chi connectivity index (χ0n) is 10.3. The van der Waals surface area contributed by atoms with Crippen LogP contribution in [0.4, 0.5) is 0 Å². The molecule has 0 heterocycles. The van der Waals surface area contributed by atoms with Crippen molar-refractivity contribution < 1.29 is 9.53 Å². The van der Waals surface area contributed by atoms with E-state index in [1.807, 2.05) is 18.7 Å². The highest BCUT2D eigenvalue weighted by Gasteiger charge is 2.18. The SMILES string of the molecule is CCN(CC#N)C(C)C(=O)NCCCOC. The lowest BCUT2D eigenvalue weighted by atomic mass is 10.2. The maximum Gasteiger partial charge on any atom is 0.237 e. The Bertz CT molecular complexity index is 238. The van der Waals surface area contributed by atoms with Gasteiger partial charge in [-0.3, -0.25) is 9.69 Å². The number of hydrogen-bond donors (Lipinski definition) is 1. The fraction of sp³-hybridized carbons (Fsp3) is 0.818. The summed E-state index contributed by atoms with van der Waals surface area (Å²) >= 11 is 0. The van der Waals surface area contributed by atoms with E-state index in [9.17, 15) is 4.79 Å². The Balaban J connectivity index is 3.92. The van der Waals surface area contributed by atoms with Crippen LogP contribution in [0.3, 0.4) is 0 Å². The summed E-state index contributed by atoms with van der Waals surface area (Å²) in [4.78, 5) is 13.5. The van der Waals surface area contributed by atoms with E-state index in [4.69, 9.17) is 10.00 Å². The molecule has 0 aliphatic carbocycles. The summed E-state index contributed by atoms with van der Waals surface area (Å²) in [5.41, 5.74) is 0. The van der Waals surface area contributed by atoms with E-state index < -0.39 is 0 Å². The second-order valence-electron chi connectivity index (χ2n) is 3.53. The maximum atomic E-state index is 11.7. The van der Waals surface area contributed by atoms with Gasteiger partial charge in [-0.25, -0.2) is 0 Å². The highest BCUT2D eigenvalue weighted by molar-refractivity contribution is 5.81. The van der Waals surface area contributed by atoms with Crippen LogP contribution in [-0.2, 0) is 9.53 Å². The fourth-order valence-corrected chi connectivity index (χ4v) is 1.36. The van der Waals surface area contributed by atoms with Gasteiger partial charge in [-0.2, -0.15) is 5.26 Å². The van der Waals surface area contributed by atoms with Crippen LogP contribution in [0, 0.1) is 11.3 Å². The Hall–Kier alpha value is -1.12. The molecule has 0 saturated heterocycles. The summed E-state index contributed by atoms with van der Waals surface area (Å²) in [6, 6.07) is 1.80. The van der Waals surface area contributed by atoms with Gasteiger partial charge in [0.1, 0.15) is 0 Å². The maximum absolute atomic E-state index is 11.7. The Morgan fingerprint density at radius 1 is 1.62 bits per heavy atom. The summed E-state index contributed by atoms with van der Waals surface area (Å²) in [5, 5.41) is 11.4. The largest absolute Gasteiger partial charge is 0.385 e. The molecule has 0 aromatic carbocycles. The van der Waals surface area contributed by atoms with Gasteiger partial charge in [-0.1, -0.05) is 6.92 Å². The van der Waals surface area contributed by atoms with Gasteiger partial charge in [0.2, 0.25) is 5.91 Å². The standard InChI is InChI=1S/C11H21N3O2/c1-4-14(8-6-12)10(2)11(15)13-7-5-9-16-3/h10H,4-5,7-9H2,1-3H3,(H,13,15). The molecule has 0 radical (unpaired) electrons. The number of amides is 1. The van der Waals surface area contributed by atoms with Crippen LogP contribution in [0.15, 0.2) is 0 Å². The van der Waals surface area contributed by atoms with E-state index >= 15 is 0 Å². The van der Waals surface area contributed by atoms with Crippen molar-refractivity contribution in [2.75, 3.05) is 33.4 Å². The van der Waals surface area contributed by atoms with Gasteiger partial charge in [0.25, 0.3) is 0 Å². The molecule has 0 aromatic rings. The summed E-state index contributed by atoms with van der Waals surface area (Å²) in [7, 11) is 1.64. The van der Waals surface area contributed by atoms with Gasteiger partial charge in [0, 0.05) is 20.3 Å². The van der Waals surface area contributed by atoms with Gasteiger partial charge < -0.3 is 10.1 Å². The lowest BCUT2D eigenvalue weighted by Gasteiger charge is -2.24. The van der Waals surface area contributed by atoms with Crippen molar-refractivity contribution in [3.63, 3.8) is 0 Å². The van der Waals surface area contributed by atoms with E-state index in [-0.39, 0.29) is 18.5 Å². The molecule has 1 N–H and O–H groups in total. The summed E-state index contributed by atoms with van der Waals surface area (Å²) in [6.07, 6.45) is 0.805. The van der Waals surface area contributed by atoms with Gasteiger partial charge in [0.15, 0.2) is 0 Å². The molecule has 92 valence electrons. The topological polar surface area (TPSA) is 65.4 Å². The molecule has 0 aliphatic heterocycles. The number of nitrogens with one attached hydrogen (secondary N) is 1. The summed E-state index contributed by atoms with van der Waals surface area (Å²) in [5.74, 6) is -0.0341. The van der Waals surface area contributed by atoms with Gasteiger partial charge >= 0.3 is 0 Å². The molecule has 0 spiro atoms. The van der Waals surface area contributed by atoms with Crippen molar-refractivity contribution in [2.24, 2.45) is 0 Å². The number of methoxy groups -OCH3 is 1. The number of nitriles is 1. The molecule has 0 aromatic heterocycles. The van der Waals surface area contributed by atoms with E-state index in [1.165, 1.54) is 0 Å². The Morgan fingerprint density at radius 2 is 2.31 bits per heavy atom. The van der Waals surface area contributed by atoms with Crippen LogP contribution in [-0.4, -0.2) is 50.2 Å². The van der Waals surface area contributed by atoms with Crippen molar-refractivity contribution in [1.82, 2.24) is 10.2 Å². The molecule has 1 amide bonds. The van der Waals surface area contributed by atoms with Crippen LogP contribution in [0.5, 0.6) is 0 Å². The number of carbonyl (C=O) groups excluding carboxylic acids is 1. The highest BCUT2D eigenvalue weighted by Crippen LogP contribution is 1.98. The minimum atomic E-state index is -0.257. The molecule has 0 fully saturated rings. The molecule has 0 saturated carbocycles. The average Bonchev–Trinajstić information content (AvgIpc) is 2.30. The Morgan fingerprint density at radius 3 is 2.81 bits per heavy atom. The Labute approximate surface area is 97.4 Å². The normalized spacial score (nSPS) is 12.2. The van der Waals surface area contributed by atoms with Crippen molar-refractivity contribution in [3.8, 4) is 6.07 Å². The number of hydrogen-bond acceptors (Lipinski definition) is 4. The predicted molar refractivity (Wildman–Crippen MR) is 61.8 cm³/mol. The van der Waals surface area contributed by atoms with Crippen molar-refractivity contribution >= 4 is 5.91 Å². The molecule has 1 atom stereocenters. The molecular weight excluding hydrogens is 206 g/mol.